The maximum absolute atomic E-state index is 11.9. The number of hydrogen-bond acceptors (Lipinski definition) is 5. The molecule has 7 heteroatoms. The second-order valence-electron chi connectivity index (χ2n) is 5.16. The molecule has 1 heterocycles. The number of aliphatic hydroxyl groups excluding tert-OH is 1. The van der Waals surface area contributed by atoms with E-state index < -0.39 is 5.91 Å². The number of thiophene rings is 1. The largest absolute Gasteiger partial charge is 0.491 e. The van der Waals surface area contributed by atoms with Crippen molar-refractivity contribution < 1.29 is 19.4 Å². The van der Waals surface area contributed by atoms with Gasteiger partial charge in [0.15, 0.2) is 0 Å². The number of fused-ring (bicyclic) bond motifs is 1. The number of nitrogens with one attached hydrogen (secondary N) is 1. The van der Waals surface area contributed by atoms with Crippen LogP contribution in [-0.4, -0.2) is 30.1 Å². The Morgan fingerprint density at radius 3 is 2.82 bits per heavy atom. The Kier molecular flexibility index (Phi) is 4.00. The van der Waals surface area contributed by atoms with Gasteiger partial charge in [-0.3, -0.25) is 9.59 Å². The lowest BCUT2D eigenvalue weighted by Gasteiger charge is -2.04. The van der Waals surface area contributed by atoms with Crippen molar-refractivity contribution in [3.63, 3.8) is 0 Å². The van der Waals surface area contributed by atoms with E-state index in [9.17, 15) is 9.59 Å². The minimum Gasteiger partial charge on any atom is -0.491 e. The van der Waals surface area contributed by atoms with Gasteiger partial charge in [0.05, 0.1) is 12.2 Å². The third kappa shape index (κ3) is 2.90. The summed E-state index contributed by atoms with van der Waals surface area (Å²) in [6, 6.07) is 5.23. The van der Waals surface area contributed by atoms with Crippen LogP contribution in [0, 0.1) is 5.92 Å². The Morgan fingerprint density at radius 1 is 1.41 bits per heavy atom. The normalized spacial score (nSPS) is 14.0. The fourth-order valence-electron chi connectivity index (χ4n) is 2.22. The zero-order chi connectivity index (χ0) is 15.7. The van der Waals surface area contributed by atoms with Crippen LogP contribution in [0.25, 0.3) is 10.1 Å². The molecule has 0 aliphatic heterocycles. The van der Waals surface area contributed by atoms with Gasteiger partial charge < -0.3 is 20.9 Å². The number of carbonyl (C=O) groups excluding carboxylic acids is 2. The van der Waals surface area contributed by atoms with Gasteiger partial charge in [-0.1, -0.05) is 0 Å². The molecule has 4 N–H and O–H groups in total. The molecule has 2 aromatic rings. The zero-order valence-corrected chi connectivity index (χ0v) is 12.6. The number of amides is 2. The van der Waals surface area contributed by atoms with Gasteiger partial charge in [-0.05, 0) is 31.0 Å². The topological polar surface area (TPSA) is 102 Å². The van der Waals surface area contributed by atoms with E-state index >= 15 is 0 Å². The molecule has 116 valence electrons. The molecule has 0 atom stereocenters. The predicted octanol–water partition coefficient (Wildman–Crippen LogP) is 1.72. The van der Waals surface area contributed by atoms with Crippen molar-refractivity contribution in [2.45, 2.75) is 12.8 Å². The van der Waals surface area contributed by atoms with Gasteiger partial charge in [-0.2, -0.15) is 0 Å². The molecule has 1 aliphatic rings. The Hall–Kier alpha value is -2.12. The van der Waals surface area contributed by atoms with Gasteiger partial charge in [0.1, 0.15) is 17.4 Å². The quantitative estimate of drug-likeness (QED) is 0.754. The van der Waals surface area contributed by atoms with Gasteiger partial charge in [0.25, 0.3) is 5.91 Å². The second-order valence-corrected chi connectivity index (χ2v) is 6.22. The summed E-state index contributed by atoms with van der Waals surface area (Å²) in [5.74, 6) is 0.0143. The Morgan fingerprint density at radius 2 is 2.18 bits per heavy atom. The van der Waals surface area contributed by atoms with E-state index in [0.29, 0.717) is 21.7 Å². The Balaban J connectivity index is 1.96. The number of nitrogens with two attached hydrogens (primary N) is 1. The summed E-state index contributed by atoms with van der Waals surface area (Å²) in [7, 11) is 0. The SMILES string of the molecule is NC(=O)c1c(NC(=O)C2CC2)sc2cc(OCCO)ccc12. The van der Waals surface area contributed by atoms with Crippen molar-refractivity contribution in [1.82, 2.24) is 0 Å². The summed E-state index contributed by atoms with van der Waals surface area (Å²) >= 11 is 1.30. The molecule has 1 aromatic carbocycles. The number of aliphatic hydroxyl groups is 1. The molecule has 6 nitrogen and oxygen atoms in total. The fraction of sp³-hybridized carbons (Fsp3) is 0.333. The lowest BCUT2D eigenvalue weighted by Crippen LogP contribution is -2.17. The van der Waals surface area contributed by atoms with Gasteiger partial charge >= 0.3 is 0 Å². The van der Waals surface area contributed by atoms with E-state index in [1.54, 1.807) is 18.2 Å². The summed E-state index contributed by atoms with van der Waals surface area (Å²) in [6.07, 6.45) is 1.78. The summed E-state index contributed by atoms with van der Waals surface area (Å²) in [5.41, 5.74) is 5.80. The van der Waals surface area contributed by atoms with E-state index in [0.717, 1.165) is 17.5 Å². The predicted molar refractivity (Wildman–Crippen MR) is 84.3 cm³/mol. The summed E-state index contributed by atoms with van der Waals surface area (Å²) in [4.78, 5) is 23.7. The van der Waals surface area contributed by atoms with Gasteiger partial charge in [0.2, 0.25) is 5.91 Å². The highest BCUT2D eigenvalue weighted by Gasteiger charge is 2.31. The molecule has 3 rings (SSSR count). The van der Waals surface area contributed by atoms with E-state index in [-0.39, 0.29) is 25.0 Å². The summed E-state index contributed by atoms with van der Waals surface area (Å²) in [6.45, 7) is 0.128. The molecule has 2 amide bonds. The first-order valence-electron chi connectivity index (χ1n) is 7.01. The number of benzene rings is 1. The van der Waals surface area contributed by atoms with Crippen molar-refractivity contribution >= 4 is 38.2 Å². The number of primary amides is 1. The van der Waals surface area contributed by atoms with Crippen LogP contribution < -0.4 is 15.8 Å². The lowest BCUT2D eigenvalue weighted by atomic mass is 10.1. The molecule has 0 saturated heterocycles. The molecule has 0 spiro atoms. The van der Waals surface area contributed by atoms with Crippen LogP contribution in [0.5, 0.6) is 5.75 Å². The average molecular weight is 320 g/mol. The van der Waals surface area contributed by atoms with Crippen molar-refractivity contribution in [2.75, 3.05) is 18.5 Å². The zero-order valence-electron chi connectivity index (χ0n) is 11.8. The van der Waals surface area contributed by atoms with Crippen molar-refractivity contribution in [3.05, 3.63) is 23.8 Å². The number of ether oxygens (including phenoxy) is 1. The highest BCUT2D eigenvalue weighted by atomic mass is 32.1. The number of hydrogen-bond donors (Lipinski definition) is 3. The number of carbonyl (C=O) groups is 2. The third-order valence-corrected chi connectivity index (χ3v) is 4.52. The maximum atomic E-state index is 11.9. The van der Waals surface area contributed by atoms with Gasteiger partial charge in [-0.25, -0.2) is 0 Å². The van der Waals surface area contributed by atoms with E-state index in [1.807, 2.05) is 0 Å². The van der Waals surface area contributed by atoms with Crippen LogP contribution in [-0.2, 0) is 4.79 Å². The van der Waals surface area contributed by atoms with Crippen LogP contribution in [0.2, 0.25) is 0 Å². The van der Waals surface area contributed by atoms with Crippen molar-refractivity contribution in [3.8, 4) is 5.75 Å². The van der Waals surface area contributed by atoms with Crippen LogP contribution >= 0.6 is 11.3 Å². The molecule has 1 saturated carbocycles. The molecule has 1 fully saturated rings. The lowest BCUT2D eigenvalue weighted by molar-refractivity contribution is -0.117. The van der Waals surface area contributed by atoms with Crippen LogP contribution in [0.3, 0.4) is 0 Å². The van der Waals surface area contributed by atoms with Gasteiger partial charge in [-0.15, -0.1) is 11.3 Å². The van der Waals surface area contributed by atoms with E-state index in [2.05, 4.69) is 5.32 Å². The summed E-state index contributed by atoms with van der Waals surface area (Å²) < 4.78 is 6.16. The van der Waals surface area contributed by atoms with E-state index in [1.165, 1.54) is 11.3 Å². The number of anilines is 1. The minimum absolute atomic E-state index is 0.0504. The highest BCUT2D eigenvalue weighted by molar-refractivity contribution is 7.23. The molecule has 1 aliphatic carbocycles. The molecule has 22 heavy (non-hydrogen) atoms. The third-order valence-electron chi connectivity index (χ3n) is 3.45. The Bertz CT molecular complexity index is 736. The molecule has 0 radical (unpaired) electrons. The monoisotopic (exact) mass is 320 g/mol. The standard InChI is InChI=1S/C15H16N2O4S/c16-13(19)12-10-4-3-9(21-6-5-18)7-11(10)22-15(12)17-14(20)8-1-2-8/h3-4,7-8,18H,1-2,5-6H2,(H2,16,19)(H,17,20). The molecule has 0 unspecified atom stereocenters. The fourth-order valence-corrected chi connectivity index (χ4v) is 3.36. The molecular formula is C15H16N2O4S. The maximum Gasteiger partial charge on any atom is 0.252 e. The summed E-state index contributed by atoms with van der Waals surface area (Å²) in [5, 5.41) is 12.8. The second kappa shape index (κ2) is 5.94. The minimum atomic E-state index is -0.568. The van der Waals surface area contributed by atoms with E-state index in [4.69, 9.17) is 15.6 Å². The van der Waals surface area contributed by atoms with Crippen LogP contribution in [0.4, 0.5) is 5.00 Å². The molecule has 0 bridgehead atoms. The van der Waals surface area contributed by atoms with Crippen molar-refractivity contribution in [1.29, 1.82) is 0 Å². The first kappa shape index (κ1) is 14.8. The highest BCUT2D eigenvalue weighted by Crippen LogP contribution is 2.39. The molecule has 1 aromatic heterocycles. The Labute approximate surface area is 130 Å². The van der Waals surface area contributed by atoms with Crippen LogP contribution in [0.15, 0.2) is 18.2 Å². The van der Waals surface area contributed by atoms with Crippen molar-refractivity contribution in [2.24, 2.45) is 11.7 Å². The smallest absolute Gasteiger partial charge is 0.252 e. The van der Waals surface area contributed by atoms with Gasteiger partial charge in [0, 0.05) is 16.0 Å². The molecular weight excluding hydrogens is 304 g/mol. The first-order valence-corrected chi connectivity index (χ1v) is 7.82. The average Bonchev–Trinajstić information content (AvgIpc) is 3.26. The van der Waals surface area contributed by atoms with Crippen LogP contribution in [0.1, 0.15) is 23.2 Å². The first-order chi connectivity index (χ1) is 10.6. The number of rotatable bonds is 6.